The van der Waals surface area contributed by atoms with E-state index in [0.29, 0.717) is 27.7 Å². The van der Waals surface area contributed by atoms with Gasteiger partial charge in [0.1, 0.15) is 6.17 Å². The van der Waals surface area contributed by atoms with E-state index in [1.807, 2.05) is 0 Å². The molecule has 2 heterocycles. The molecule has 1 amide bonds. The van der Waals surface area contributed by atoms with E-state index < -0.39 is 36.4 Å². The Bertz CT molecular complexity index is 672. The first kappa shape index (κ1) is 20.8. The lowest BCUT2D eigenvalue weighted by Crippen LogP contribution is -2.56. The van der Waals surface area contributed by atoms with Crippen molar-refractivity contribution in [3.8, 4) is 5.88 Å². The van der Waals surface area contributed by atoms with E-state index >= 15 is 0 Å². The van der Waals surface area contributed by atoms with Gasteiger partial charge >= 0.3 is 6.18 Å². The summed E-state index contributed by atoms with van der Waals surface area (Å²) in [6.45, 7) is -0.327. The quantitative estimate of drug-likeness (QED) is 0.678. The van der Waals surface area contributed by atoms with Gasteiger partial charge in [0.2, 0.25) is 11.5 Å². The Hall–Kier alpha value is -1.46. The van der Waals surface area contributed by atoms with E-state index in [9.17, 15) is 27.5 Å². The molecule has 3 atom stereocenters. The number of aliphatic hydroxyl groups is 1. The van der Waals surface area contributed by atoms with Gasteiger partial charge in [0.25, 0.3) is 5.91 Å². The first-order valence-corrected chi connectivity index (χ1v) is 8.41. The van der Waals surface area contributed by atoms with Crippen LogP contribution in [0.5, 0.6) is 5.88 Å². The smallest absolute Gasteiger partial charge is 0.426 e. The third kappa shape index (κ3) is 4.26. The van der Waals surface area contributed by atoms with E-state index in [-0.39, 0.29) is 13.1 Å². The lowest BCUT2D eigenvalue weighted by Gasteiger charge is -2.29. The number of amides is 1. The Morgan fingerprint density at radius 1 is 1.50 bits per heavy atom. The Morgan fingerprint density at radius 2 is 2.15 bits per heavy atom. The molecule has 26 heavy (non-hydrogen) atoms. The topological polar surface area (TPSA) is 74.7 Å². The van der Waals surface area contributed by atoms with Crippen molar-refractivity contribution < 1.29 is 32.2 Å². The van der Waals surface area contributed by atoms with Gasteiger partial charge in [-0.2, -0.15) is 13.2 Å². The summed E-state index contributed by atoms with van der Waals surface area (Å²) in [4.78, 5) is 16.7. The van der Waals surface area contributed by atoms with Crippen molar-refractivity contribution in [2.45, 2.75) is 37.5 Å². The Morgan fingerprint density at radius 3 is 2.73 bits per heavy atom. The maximum Gasteiger partial charge on any atom is 0.426 e. The summed E-state index contributed by atoms with van der Waals surface area (Å²) < 4.78 is 58.3. The van der Waals surface area contributed by atoms with Crippen molar-refractivity contribution >= 4 is 21.8 Å². The number of hydrogen-bond donors (Lipinski definition) is 2. The number of methoxy groups -OCH3 is 1. The number of rotatable bonds is 5. The first-order chi connectivity index (χ1) is 12.0. The molecule has 146 valence electrons. The maximum atomic E-state index is 14.2. The van der Waals surface area contributed by atoms with Gasteiger partial charge in [-0.3, -0.25) is 4.79 Å². The van der Waals surface area contributed by atoms with Crippen LogP contribution in [0.3, 0.4) is 0 Å². The average Bonchev–Trinajstić information content (AvgIpc) is 2.92. The summed E-state index contributed by atoms with van der Waals surface area (Å²) in [6.07, 6.45) is -5.19. The van der Waals surface area contributed by atoms with Crippen LogP contribution in [0, 0.1) is 0 Å². The van der Waals surface area contributed by atoms with Crippen molar-refractivity contribution in [3.63, 3.8) is 0 Å². The van der Waals surface area contributed by atoms with Crippen molar-refractivity contribution in [1.82, 2.24) is 15.2 Å². The molecule has 1 aromatic heterocycles. The molecule has 0 bridgehead atoms. The summed E-state index contributed by atoms with van der Waals surface area (Å²) in [5.41, 5.74) is -2.94. The molecule has 0 aliphatic carbocycles. The maximum absolute atomic E-state index is 14.2. The van der Waals surface area contributed by atoms with Gasteiger partial charge in [-0.1, -0.05) is 0 Å². The number of hydrogen-bond acceptors (Lipinski definition) is 5. The number of ether oxygens (including phenoxy) is 1. The van der Waals surface area contributed by atoms with E-state index in [1.54, 1.807) is 6.07 Å². The Balaban J connectivity index is 2.03. The summed E-state index contributed by atoms with van der Waals surface area (Å²) >= 11 is 3.25. The molecule has 0 radical (unpaired) electrons. The van der Waals surface area contributed by atoms with Crippen LogP contribution in [0.1, 0.15) is 12.5 Å². The highest BCUT2D eigenvalue weighted by atomic mass is 79.9. The van der Waals surface area contributed by atoms with Crippen LogP contribution in [0.25, 0.3) is 0 Å². The average molecular weight is 444 g/mol. The van der Waals surface area contributed by atoms with Crippen LogP contribution in [0.15, 0.2) is 16.7 Å². The summed E-state index contributed by atoms with van der Waals surface area (Å²) in [5, 5.41) is 12.3. The van der Waals surface area contributed by atoms with Gasteiger partial charge in [-0.25, -0.2) is 9.37 Å². The molecule has 0 aromatic carbocycles. The number of nitrogens with one attached hydrogen (secondary N) is 1. The van der Waals surface area contributed by atoms with Gasteiger partial charge in [0.15, 0.2) is 0 Å². The molecule has 1 fully saturated rings. The van der Waals surface area contributed by atoms with E-state index in [4.69, 9.17) is 4.74 Å². The van der Waals surface area contributed by atoms with Crippen LogP contribution in [-0.2, 0) is 11.3 Å². The van der Waals surface area contributed by atoms with Gasteiger partial charge in [-0.05, 0) is 28.9 Å². The standard InChI is InChI=1S/C15H18BrF4N3O3/c1-14(25,15(18,19)20)13(24)23-6-10(17)11(7-23)21-4-8-3-9(16)5-22-12(8)26-2/h3,5,10-11,21,25H,4,6-7H2,1-2H3/t10-,11+,14+/m0/s1. The molecular weight excluding hydrogens is 426 g/mol. The number of pyridine rings is 1. The number of likely N-dealkylation sites (tertiary alicyclic amines) is 1. The molecule has 1 aliphatic heterocycles. The third-order valence-corrected chi connectivity index (χ3v) is 4.58. The predicted molar refractivity (Wildman–Crippen MR) is 87.3 cm³/mol. The molecular formula is C15H18BrF4N3O3. The minimum Gasteiger partial charge on any atom is -0.481 e. The molecule has 0 unspecified atom stereocenters. The van der Waals surface area contributed by atoms with Crippen LogP contribution < -0.4 is 10.1 Å². The second-order valence-corrected chi connectivity index (χ2v) is 7.02. The fourth-order valence-corrected chi connectivity index (χ4v) is 2.95. The highest BCUT2D eigenvalue weighted by molar-refractivity contribution is 9.10. The van der Waals surface area contributed by atoms with Gasteiger partial charge in [-0.15, -0.1) is 0 Å². The molecule has 1 saturated heterocycles. The summed E-state index contributed by atoms with van der Waals surface area (Å²) in [5.74, 6) is -1.25. The minimum absolute atomic E-state index is 0.137. The van der Waals surface area contributed by atoms with Crippen molar-refractivity contribution in [1.29, 1.82) is 0 Å². The molecule has 2 N–H and O–H groups in total. The zero-order valence-electron chi connectivity index (χ0n) is 14.0. The lowest BCUT2D eigenvalue weighted by atomic mass is 10.1. The summed E-state index contributed by atoms with van der Waals surface area (Å²) in [6, 6.07) is 0.824. The second-order valence-electron chi connectivity index (χ2n) is 6.11. The number of nitrogens with zero attached hydrogens (tertiary/aromatic N) is 2. The van der Waals surface area contributed by atoms with Gasteiger partial charge in [0.05, 0.1) is 19.7 Å². The Labute approximate surface area is 155 Å². The number of carbonyl (C=O) groups is 1. The minimum atomic E-state index is -5.14. The molecule has 1 aromatic rings. The normalized spacial score (nSPS) is 23.0. The Kier molecular flexibility index (Phi) is 6.13. The van der Waals surface area contributed by atoms with Crippen molar-refractivity contribution in [3.05, 3.63) is 22.3 Å². The van der Waals surface area contributed by atoms with Crippen LogP contribution in [0.2, 0.25) is 0 Å². The van der Waals surface area contributed by atoms with Crippen LogP contribution in [-0.4, -0.2) is 65.1 Å². The zero-order chi connectivity index (χ0) is 19.7. The van der Waals surface area contributed by atoms with E-state index in [1.165, 1.54) is 13.3 Å². The molecule has 11 heteroatoms. The molecule has 6 nitrogen and oxygen atoms in total. The first-order valence-electron chi connectivity index (χ1n) is 7.61. The largest absolute Gasteiger partial charge is 0.481 e. The van der Waals surface area contributed by atoms with E-state index in [0.717, 1.165) is 0 Å². The highest BCUT2D eigenvalue weighted by Gasteiger charge is 2.58. The number of aromatic nitrogens is 1. The number of carbonyl (C=O) groups excluding carboxylic acids is 1. The third-order valence-electron chi connectivity index (χ3n) is 4.14. The van der Waals surface area contributed by atoms with Gasteiger partial charge in [0, 0.05) is 29.3 Å². The summed E-state index contributed by atoms with van der Waals surface area (Å²) in [7, 11) is 1.42. The molecule has 2 rings (SSSR count). The van der Waals surface area contributed by atoms with Crippen LogP contribution >= 0.6 is 15.9 Å². The van der Waals surface area contributed by atoms with Crippen molar-refractivity contribution in [2.24, 2.45) is 0 Å². The van der Waals surface area contributed by atoms with Crippen molar-refractivity contribution in [2.75, 3.05) is 20.2 Å². The molecule has 0 spiro atoms. The fraction of sp³-hybridized carbons (Fsp3) is 0.600. The second kappa shape index (κ2) is 7.65. The predicted octanol–water partition coefficient (Wildman–Crippen LogP) is 1.80. The monoisotopic (exact) mass is 443 g/mol. The SMILES string of the molecule is COc1ncc(Br)cc1CN[C@@H]1CN(C(=O)[C@@](C)(O)C(F)(F)F)C[C@@H]1F. The number of alkyl halides is 4. The fourth-order valence-electron chi connectivity index (χ4n) is 2.57. The van der Waals surface area contributed by atoms with E-state index in [2.05, 4.69) is 26.2 Å². The number of halogens is 5. The molecule has 1 aliphatic rings. The zero-order valence-corrected chi connectivity index (χ0v) is 15.6. The lowest BCUT2D eigenvalue weighted by molar-refractivity contribution is -0.249. The molecule has 0 saturated carbocycles. The van der Waals surface area contributed by atoms with Gasteiger partial charge < -0.3 is 20.1 Å². The highest BCUT2D eigenvalue weighted by Crippen LogP contribution is 2.33. The van der Waals surface area contributed by atoms with Crippen LogP contribution in [0.4, 0.5) is 17.6 Å².